The molecule has 6 nitrogen and oxygen atoms in total. The first-order valence-electron chi connectivity index (χ1n) is 6.18. The van der Waals surface area contributed by atoms with Gasteiger partial charge in [0.25, 0.3) is 0 Å². The van der Waals surface area contributed by atoms with Gasteiger partial charge in [-0.1, -0.05) is 15.9 Å². The number of carboxylic acids is 1. The molecule has 1 amide bonds. The number of aromatic carboxylic acids is 1. The van der Waals surface area contributed by atoms with E-state index in [0.29, 0.717) is 22.0 Å². The first-order chi connectivity index (χ1) is 9.81. The fourth-order valence-corrected chi connectivity index (χ4v) is 3.19. The molecule has 114 valence electrons. The summed E-state index contributed by atoms with van der Waals surface area (Å²) in [6, 6.07) is 3.10. The van der Waals surface area contributed by atoms with Gasteiger partial charge in [-0.05, 0) is 35.0 Å². The fourth-order valence-electron chi connectivity index (χ4n) is 1.86. The average Bonchev–Trinajstić information content (AvgIpc) is 2.36. The van der Waals surface area contributed by atoms with Crippen LogP contribution in [0, 0.1) is 0 Å². The van der Waals surface area contributed by atoms with Gasteiger partial charge in [0.1, 0.15) is 6.61 Å². The second-order valence-corrected chi connectivity index (χ2v) is 6.78. The summed E-state index contributed by atoms with van der Waals surface area (Å²) in [6.07, 6.45) is 0. The molecule has 21 heavy (non-hydrogen) atoms. The SMILES string of the molecule is CC1(OCC(=O)Nc2c(Br)cc(Br)cc2C(=O)O)CNC1. The van der Waals surface area contributed by atoms with Crippen LogP contribution in [0.2, 0.25) is 0 Å². The molecule has 0 aromatic heterocycles. The molecule has 0 saturated carbocycles. The van der Waals surface area contributed by atoms with E-state index >= 15 is 0 Å². The quantitative estimate of drug-likeness (QED) is 0.678. The molecule has 1 aromatic carbocycles. The summed E-state index contributed by atoms with van der Waals surface area (Å²) in [5.74, 6) is -1.52. The Labute approximate surface area is 138 Å². The molecule has 8 heteroatoms. The van der Waals surface area contributed by atoms with Gasteiger partial charge in [0, 0.05) is 22.0 Å². The Kier molecular flexibility index (Phi) is 5.03. The van der Waals surface area contributed by atoms with Crippen LogP contribution in [0.3, 0.4) is 0 Å². The normalized spacial score (nSPS) is 16.1. The summed E-state index contributed by atoms with van der Waals surface area (Å²) in [5, 5.41) is 14.8. The van der Waals surface area contributed by atoms with Crippen molar-refractivity contribution in [2.24, 2.45) is 0 Å². The lowest BCUT2D eigenvalue weighted by Crippen LogP contribution is -2.59. The van der Waals surface area contributed by atoms with Gasteiger partial charge in [-0.3, -0.25) is 4.79 Å². The first-order valence-corrected chi connectivity index (χ1v) is 7.76. The number of ether oxygens (including phenoxy) is 1. The number of hydrogen-bond acceptors (Lipinski definition) is 4. The number of benzene rings is 1. The highest BCUT2D eigenvalue weighted by molar-refractivity contribution is 9.11. The number of hydrogen-bond donors (Lipinski definition) is 3. The molecule has 0 radical (unpaired) electrons. The van der Waals surface area contributed by atoms with Gasteiger partial charge in [-0.25, -0.2) is 4.79 Å². The molecule has 0 bridgehead atoms. The van der Waals surface area contributed by atoms with E-state index in [2.05, 4.69) is 42.5 Å². The molecule has 0 unspecified atom stereocenters. The standard InChI is InChI=1S/C13H14Br2N2O4/c1-13(5-16-6-13)21-4-10(18)17-11-8(12(19)20)2-7(14)3-9(11)15/h2-3,16H,4-6H2,1H3,(H,17,18)(H,19,20). The highest BCUT2D eigenvalue weighted by Crippen LogP contribution is 2.31. The van der Waals surface area contributed by atoms with Crippen LogP contribution in [0.25, 0.3) is 0 Å². The molecule has 0 aliphatic carbocycles. The van der Waals surface area contributed by atoms with E-state index in [9.17, 15) is 14.7 Å². The van der Waals surface area contributed by atoms with Gasteiger partial charge in [0.15, 0.2) is 0 Å². The third-order valence-corrected chi connectivity index (χ3v) is 4.18. The predicted octanol–water partition coefficient (Wildman–Crippen LogP) is 2.23. The number of rotatable bonds is 5. The summed E-state index contributed by atoms with van der Waals surface area (Å²) in [6.45, 7) is 3.18. The van der Waals surface area contributed by atoms with Crippen molar-refractivity contribution in [3.05, 3.63) is 26.6 Å². The van der Waals surface area contributed by atoms with Gasteiger partial charge in [0.2, 0.25) is 5.91 Å². The number of nitrogens with one attached hydrogen (secondary N) is 2. The van der Waals surface area contributed by atoms with E-state index in [-0.39, 0.29) is 23.5 Å². The number of carbonyl (C=O) groups excluding carboxylic acids is 1. The summed E-state index contributed by atoms with van der Waals surface area (Å²) >= 11 is 6.47. The minimum Gasteiger partial charge on any atom is -0.478 e. The Bertz CT molecular complexity index is 588. The van der Waals surface area contributed by atoms with E-state index in [1.807, 2.05) is 6.92 Å². The Morgan fingerprint density at radius 3 is 2.62 bits per heavy atom. The van der Waals surface area contributed by atoms with E-state index in [4.69, 9.17) is 4.74 Å². The van der Waals surface area contributed by atoms with Crippen molar-refractivity contribution >= 4 is 49.4 Å². The summed E-state index contributed by atoms with van der Waals surface area (Å²) in [7, 11) is 0. The van der Waals surface area contributed by atoms with Crippen LogP contribution in [0.1, 0.15) is 17.3 Å². The van der Waals surface area contributed by atoms with E-state index in [1.54, 1.807) is 6.07 Å². The van der Waals surface area contributed by atoms with Crippen LogP contribution in [0.15, 0.2) is 21.1 Å². The number of amides is 1. The molecule has 1 aliphatic rings. The summed E-state index contributed by atoms with van der Waals surface area (Å²) < 4.78 is 6.61. The predicted molar refractivity (Wildman–Crippen MR) is 84.7 cm³/mol. The maximum atomic E-state index is 11.9. The van der Waals surface area contributed by atoms with E-state index < -0.39 is 11.9 Å². The molecule has 1 heterocycles. The highest BCUT2D eigenvalue weighted by atomic mass is 79.9. The van der Waals surface area contributed by atoms with Gasteiger partial charge >= 0.3 is 5.97 Å². The maximum absolute atomic E-state index is 11.9. The third kappa shape index (κ3) is 4.03. The topological polar surface area (TPSA) is 87.7 Å². The van der Waals surface area contributed by atoms with Crippen molar-refractivity contribution in [3.8, 4) is 0 Å². The van der Waals surface area contributed by atoms with E-state index in [1.165, 1.54) is 6.07 Å². The minimum absolute atomic E-state index is 0.00104. The molecular formula is C13H14Br2N2O4. The van der Waals surface area contributed by atoms with Crippen molar-refractivity contribution in [1.82, 2.24) is 5.32 Å². The van der Waals surface area contributed by atoms with Crippen molar-refractivity contribution in [2.45, 2.75) is 12.5 Å². The van der Waals surface area contributed by atoms with Gasteiger partial charge in [-0.2, -0.15) is 0 Å². The molecular weight excluding hydrogens is 408 g/mol. The zero-order valence-corrected chi connectivity index (χ0v) is 14.4. The van der Waals surface area contributed by atoms with Crippen molar-refractivity contribution in [1.29, 1.82) is 0 Å². The van der Waals surface area contributed by atoms with Gasteiger partial charge < -0.3 is 20.5 Å². The molecule has 0 atom stereocenters. The van der Waals surface area contributed by atoms with Crippen LogP contribution >= 0.6 is 31.9 Å². The first kappa shape index (κ1) is 16.4. The maximum Gasteiger partial charge on any atom is 0.337 e. The molecule has 1 fully saturated rings. The van der Waals surface area contributed by atoms with Gasteiger partial charge in [0.05, 0.1) is 16.9 Å². The van der Waals surface area contributed by atoms with Crippen LogP contribution in [0.4, 0.5) is 5.69 Å². The molecule has 1 aliphatic heterocycles. The monoisotopic (exact) mass is 420 g/mol. The smallest absolute Gasteiger partial charge is 0.337 e. The zero-order valence-electron chi connectivity index (χ0n) is 11.2. The third-order valence-electron chi connectivity index (χ3n) is 3.10. The van der Waals surface area contributed by atoms with Crippen molar-refractivity contribution < 1.29 is 19.4 Å². The van der Waals surface area contributed by atoms with Crippen LogP contribution in [0.5, 0.6) is 0 Å². The Morgan fingerprint density at radius 1 is 1.43 bits per heavy atom. The molecule has 2 rings (SSSR count). The van der Waals surface area contributed by atoms with Crippen LogP contribution in [-0.2, 0) is 9.53 Å². The highest BCUT2D eigenvalue weighted by Gasteiger charge is 2.33. The minimum atomic E-state index is -1.12. The molecule has 0 spiro atoms. The lowest BCUT2D eigenvalue weighted by atomic mass is 10.0. The number of carbonyl (C=O) groups is 2. The Morgan fingerprint density at radius 2 is 2.10 bits per heavy atom. The Hall–Kier alpha value is -0.960. The molecule has 3 N–H and O–H groups in total. The summed E-state index contributed by atoms with van der Waals surface area (Å²) in [5.41, 5.74) is -0.110. The average molecular weight is 422 g/mol. The largest absolute Gasteiger partial charge is 0.478 e. The van der Waals surface area contributed by atoms with E-state index in [0.717, 1.165) is 0 Å². The van der Waals surface area contributed by atoms with Gasteiger partial charge in [-0.15, -0.1) is 0 Å². The number of anilines is 1. The second-order valence-electron chi connectivity index (χ2n) is 5.01. The number of carboxylic acid groups (broad SMARTS) is 1. The van der Waals surface area contributed by atoms with Crippen molar-refractivity contribution in [2.75, 3.05) is 25.0 Å². The lowest BCUT2D eigenvalue weighted by Gasteiger charge is -2.38. The molecule has 1 aromatic rings. The lowest BCUT2D eigenvalue weighted by molar-refractivity contribution is -0.130. The second kappa shape index (κ2) is 6.43. The fraction of sp³-hybridized carbons (Fsp3) is 0.385. The molecule has 1 saturated heterocycles. The van der Waals surface area contributed by atoms with Crippen molar-refractivity contribution in [3.63, 3.8) is 0 Å². The van der Waals surface area contributed by atoms with Crippen LogP contribution in [-0.4, -0.2) is 42.3 Å². The Balaban J connectivity index is 2.08. The summed E-state index contributed by atoms with van der Waals surface area (Å²) in [4.78, 5) is 23.2. The zero-order chi connectivity index (χ0) is 15.6. The number of halogens is 2. The van der Waals surface area contributed by atoms with Crippen LogP contribution < -0.4 is 10.6 Å².